The molecule has 3 aromatic carbocycles. The van der Waals surface area contributed by atoms with Gasteiger partial charge in [0, 0.05) is 11.6 Å². The van der Waals surface area contributed by atoms with Crippen molar-refractivity contribution in [2.45, 2.75) is 4.90 Å². The van der Waals surface area contributed by atoms with Crippen LogP contribution in [0, 0.1) is 10.1 Å². The zero-order valence-electron chi connectivity index (χ0n) is 12.9. The summed E-state index contributed by atoms with van der Waals surface area (Å²) in [7, 11) is -4.36. The van der Waals surface area contributed by atoms with Gasteiger partial charge in [-0.1, -0.05) is 60.7 Å². The predicted octanol–water partition coefficient (Wildman–Crippen LogP) is 4.03. The predicted molar refractivity (Wildman–Crippen MR) is 92.8 cm³/mol. The van der Waals surface area contributed by atoms with Crippen LogP contribution in [0.15, 0.2) is 83.8 Å². The molecule has 0 atom stereocenters. The monoisotopic (exact) mass is 355 g/mol. The number of hydrogen-bond donors (Lipinski definition) is 0. The Morgan fingerprint density at radius 3 is 2.12 bits per heavy atom. The van der Waals surface area contributed by atoms with Gasteiger partial charge in [-0.05, 0) is 17.7 Å². The lowest BCUT2D eigenvalue weighted by molar-refractivity contribution is -0.387. The van der Waals surface area contributed by atoms with Crippen molar-refractivity contribution in [2.75, 3.05) is 0 Å². The second-order valence-corrected chi connectivity index (χ2v) is 6.64. The first-order valence-electron chi connectivity index (χ1n) is 7.31. The molecule has 0 bridgehead atoms. The quantitative estimate of drug-likeness (QED) is 0.392. The second kappa shape index (κ2) is 6.74. The van der Waals surface area contributed by atoms with E-state index in [2.05, 4.69) is 0 Å². The topological polar surface area (TPSA) is 86.5 Å². The van der Waals surface area contributed by atoms with E-state index in [9.17, 15) is 18.5 Å². The number of nitrogens with zero attached hydrogens (tertiary/aromatic N) is 1. The van der Waals surface area contributed by atoms with Gasteiger partial charge < -0.3 is 4.18 Å². The van der Waals surface area contributed by atoms with Crippen molar-refractivity contribution < 1.29 is 17.5 Å². The molecular weight excluding hydrogens is 342 g/mol. The molecule has 0 heterocycles. The normalized spacial score (nSPS) is 11.0. The summed E-state index contributed by atoms with van der Waals surface area (Å²) in [6, 6.07) is 20.8. The number of nitro benzene ring substituents is 1. The number of benzene rings is 3. The Morgan fingerprint density at radius 1 is 0.800 bits per heavy atom. The van der Waals surface area contributed by atoms with Crippen LogP contribution < -0.4 is 4.18 Å². The number of nitro groups is 1. The van der Waals surface area contributed by atoms with E-state index in [-0.39, 0.29) is 5.75 Å². The second-order valence-electron chi connectivity index (χ2n) is 5.12. The SMILES string of the molecule is O=[N+]([O-])c1ccccc1S(=O)(=O)Oc1ccccc1-c1ccccc1. The summed E-state index contributed by atoms with van der Waals surface area (Å²) in [4.78, 5) is 9.86. The van der Waals surface area contributed by atoms with Crippen LogP contribution in [0.1, 0.15) is 0 Å². The van der Waals surface area contributed by atoms with Crippen LogP contribution in [0.2, 0.25) is 0 Å². The lowest BCUT2D eigenvalue weighted by Crippen LogP contribution is -2.12. The lowest BCUT2D eigenvalue weighted by Gasteiger charge is -2.11. The van der Waals surface area contributed by atoms with Crippen LogP contribution in [0.5, 0.6) is 5.75 Å². The van der Waals surface area contributed by atoms with E-state index in [1.165, 1.54) is 18.2 Å². The third kappa shape index (κ3) is 3.51. The van der Waals surface area contributed by atoms with Crippen molar-refractivity contribution in [3.8, 4) is 16.9 Å². The van der Waals surface area contributed by atoms with E-state index >= 15 is 0 Å². The fourth-order valence-corrected chi connectivity index (χ4v) is 3.49. The largest absolute Gasteiger partial charge is 0.378 e. The van der Waals surface area contributed by atoms with Crippen molar-refractivity contribution in [2.24, 2.45) is 0 Å². The van der Waals surface area contributed by atoms with Gasteiger partial charge in [-0.25, -0.2) is 0 Å². The molecule has 3 rings (SSSR count). The molecule has 0 aromatic heterocycles. The molecule has 0 aliphatic rings. The molecule has 126 valence electrons. The van der Waals surface area contributed by atoms with Crippen LogP contribution in [0.25, 0.3) is 11.1 Å². The van der Waals surface area contributed by atoms with E-state index in [1.54, 1.807) is 18.2 Å². The minimum atomic E-state index is -4.36. The first-order valence-corrected chi connectivity index (χ1v) is 8.72. The van der Waals surface area contributed by atoms with Crippen LogP contribution in [0.3, 0.4) is 0 Å². The van der Waals surface area contributed by atoms with Crippen molar-refractivity contribution in [3.63, 3.8) is 0 Å². The van der Waals surface area contributed by atoms with E-state index in [0.717, 1.165) is 17.7 Å². The van der Waals surface area contributed by atoms with Crippen molar-refractivity contribution >= 4 is 15.8 Å². The first-order chi connectivity index (χ1) is 12.0. The molecule has 0 aliphatic carbocycles. The summed E-state index contributed by atoms with van der Waals surface area (Å²) in [5.74, 6) is 0.104. The van der Waals surface area contributed by atoms with Crippen molar-refractivity contribution in [1.82, 2.24) is 0 Å². The Bertz CT molecular complexity index is 1020. The molecule has 25 heavy (non-hydrogen) atoms. The Hall–Kier alpha value is -3.19. The van der Waals surface area contributed by atoms with Gasteiger partial charge in [-0.3, -0.25) is 10.1 Å². The average molecular weight is 355 g/mol. The highest BCUT2D eigenvalue weighted by Gasteiger charge is 2.27. The molecule has 0 fully saturated rings. The molecule has 0 saturated carbocycles. The van der Waals surface area contributed by atoms with Gasteiger partial charge in [-0.2, -0.15) is 8.42 Å². The summed E-state index contributed by atoms with van der Waals surface area (Å²) in [5.41, 5.74) is 0.820. The van der Waals surface area contributed by atoms with Crippen molar-refractivity contribution in [3.05, 3.63) is 89.0 Å². The lowest BCUT2D eigenvalue weighted by atomic mass is 10.1. The zero-order valence-corrected chi connectivity index (χ0v) is 13.7. The molecule has 0 radical (unpaired) electrons. The van der Waals surface area contributed by atoms with Gasteiger partial charge >= 0.3 is 10.1 Å². The van der Waals surface area contributed by atoms with E-state index in [4.69, 9.17) is 4.18 Å². The molecule has 0 N–H and O–H groups in total. The summed E-state index contributed by atoms with van der Waals surface area (Å²) in [6.45, 7) is 0. The average Bonchev–Trinajstić information content (AvgIpc) is 2.62. The minimum Gasteiger partial charge on any atom is -0.378 e. The minimum absolute atomic E-state index is 0.104. The van der Waals surface area contributed by atoms with E-state index in [1.807, 2.05) is 30.3 Å². The third-order valence-corrected chi connectivity index (χ3v) is 4.79. The van der Waals surface area contributed by atoms with Gasteiger partial charge in [0.2, 0.25) is 0 Å². The number of hydrogen-bond acceptors (Lipinski definition) is 5. The van der Waals surface area contributed by atoms with E-state index < -0.39 is 25.6 Å². The van der Waals surface area contributed by atoms with Crippen LogP contribution >= 0.6 is 0 Å². The zero-order chi connectivity index (χ0) is 17.9. The smallest absolute Gasteiger partial charge is 0.346 e. The fourth-order valence-electron chi connectivity index (χ4n) is 2.38. The first kappa shape index (κ1) is 16.7. The molecule has 0 saturated heterocycles. The Morgan fingerprint density at radius 2 is 1.40 bits per heavy atom. The molecule has 7 heteroatoms. The highest BCUT2D eigenvalue weighted by Crippen LogP contribution is 2.33. The summed E-state index contributed by atoms with van der Waals surface area (Å²) >= 11 is 0. The van der Waals surface area contributed by atoms with Gasteiger partial charge in [0.15, 0.2) is 10.6 Å². The van der Waals surface area contributed by atoms with Gasteiger partial charge in [0.1, 0.15) is 0 Å². The highest BCUT2D eigenvalue weighted by molar-refractivity contribution is 7.87. The van der Waals surface area contributed by atoms with Gasteiger partial charge in [-0.15, -0.1) is 0 Å². The molecule has 3 aromatic rings. The Kier molecular flexibility index (Phi) is 4.49. The Balaban J connectivity index is 2.05. The standard InChI is InChI=1S/C18H13NO5S/c20-19(21)16-11-5-7-13-18(16)25(22,23)24-17-12-6-4-10-15(17)14-8-2-1-3-9-14/h1-13H. The summed E-state index contributed by atoms with van der Waals surface area (Å²) in [6.07, 6.45) is 0. The molecule has 0 spiro atoms. The summed E-state index contributed by atoms with van der Waals surface area (Å²) < 4.78 is 30.4. The molecular formula is C18H13NO5S. The molecule has 0 unspecified atom stereocenters. The third-order valence-electron chi connectivity index (χ3n) is 3.50. The van der Waals surface area contributed by atoms with Crippen LogP contribution in [-0.4, -0.2) is 13.3 Å². The number of para-hydroxylation sites is 2. The van der Waals surface area contributed by atoms with Gasteiger partial charge in [0.25, 0.3) is 5.69 Å². The maximum atomic E-state index is 12.6. The van der Waals surface area contributed by atoms with Crippen LogP contribution in [-0.2, 0) is 10.1 Å². The molecule has 6 nitrogen and oxygen atoms in total. The maximum Gasteiger partial charge on any atom is 0.346 e. The van der Waals surface area contributed by atoms with E-state index in [0.29, 0.717) is 5.56 Å². The molecule has 0 aliphatic heterocycles. The van der Waals surface area contributed by atoms with Crippen LogP contribution in [0.4, 0.5) is 5.69 Å². The Labute approximate surface area is 144 Å². The number of rotatable bonds is 5. The van der Waals surface area contributed by atoms with Gasteiger partial charge in [0.05, 0.1) is 4.92 Å². The van der Waals surface area contributed by atoms with Crippen molar-refractivity contribution in [1.29, 1.82) is 0 Å². The molecule has 0 amide bonds. The fraction of sp³-hybridized carbons (Fsp3) is 0. The maximum absolute atomic E-state index is 12.6. The summed E-state index contributed by atoms with van der Waals surface area (Å²) in [5, 5.41) is 11.1. The highest BCUT2D eigenvalue weighted by atomic mass is 32.2.